The second kappa shape index (κ2) is 4.66. The Morgan fingerprint density at radius 3 is 2.93 bits per heavy atom. The number of likely N-dealkylation sites (tertiary alicyclic amines) is 1. The molecule has 1 aliphatic rings. The first kappa shape index (κ1) is 11.1. The maximum Gasteiger partial charge on any atom is 0.0534 e. The Labute approximate surface area is 99.6 Å². The van der Waals surface area contributed by atoms with Crippen molar-refractivity contribution in [3.05, 3.63) is 18.0 Å². The summed E-state index contributed by atoms with van der Waals surface area (Å²) in [6.07, 6.45) is 5.38. The zero-order valence-corrected chi connectivity index (χ0v) is 10.9. The van der Waals surface area contributed by atoms with Gasteiger partial charge in [0.25, 0.3) is 0 Å². The van der Waals surface area contributed by atoms with Crippen LogP contribution in [0.4, 0.5) is 0 Å². The number of halogens is 1. The van der Waals surface area contributed by atoms with Crippen LogP contribution in [0.5, 0.6) is 0 Å². The number of aryl methyl sites for hydroxylation is 1. The standard InChI is InChI=1S/C11H18BrN3/c1-9-11(5-12)3-4-15(9)8-10-6-13-14(2)7-10/h6-7,9,11H,3-5,8H2,1-2H3. The molecule has 1 aromatic heterocycles. The second-order valence-electron chi connectivity index (χ2n) is 4.44. The van der Waals surface area contributed by atoms with Crippen molar-refractivity contribution in [3.63, 3.8) is 0 Å². The van der Waals surface area contributed by atoms with E-state index in [1.165, 1.54) is 18.5 Å². The SMILES string of the molecule is CC1C(CBr)CCN1Cc1cnn(C)c1. The van der Waals surface area contributed by atoms with E-state index in [2.05, 4.69) is 39.0 Å². The Kier molecular flexibility index (Phi) is 3.46. The van der Waals surface area contributed by atoms with E-state index in [4.69, 9.17) is 0 Å². The summed E-state index contributed by atoms with van der Waals surface area (Å²) in [4.78, 5) is 2.54. The van der Waals surface area contributed by atoms with Gasteiger partial charge in [-0.3, -0.25) is 9.58 Å². The molecule has 0 N–H and O–H groups in total. The van der Waals surface area contributed by atoms with Gasteiger partial charge in [0.05, 0.1) is 6.20 Å². The van der Waals surface area contributed by atoms with Crippen LogP contribution in [0.15, 0.2) is 12.4 Å². The molecule has 0 spiro atoms. The third-order valence-electron chi connectivity index (χ3n) is 3.39. The lowest BCUT2D eigenvalue weighted by molar-refractivity contribution is 0.241. The van der Waals surface area contributed by atoms with Gasteiger partial charge in [-0.25, -0.2) is 0 Å². The molecule has 1 saturated heterocycles. The molecular weight excluding hydrogens is 254 g/mol. The minimum atomic E-state index is 0.685. The van der Waals surface area contributed by atoms with Gasteiger partial charge >= 0.3 is 0 Å². The van der Waals surface area contributed by atoms with E-state index in [0.717, 1.165) is 17.8 Å². The zero-order chi connectivity index (χ0) is 10.8. The van der Waals surface area contributed by atoms with E-state index in [1.54, 1.807) is 0 Å². The maximum absolute atomic E-state index is 4.20. The van der Waals surface area contributed by atoms with Crippen molar-refractivity contribution >= 4 is 15.9 Å². The molecule has 2 atom stereocenters. The summed E-state index contributed by atoms with van der Waals surface area (Å²) in [6, 6.07) is 0.685. The van der Waals surface area contributed by atoms with Gasteiger partial charge in [0.1, 0.15) is 0 Å². The van der Waals surface area contributed by atoms with Crippen LogP contribution < -0.4 is 0 Å². The van der Waals surface area contributed by atoms with Gasteiger partial charge in [-0.15, -0.1) is 0 Å². The monoisotopic (exact) mass is 271 g/mol. The number of hydrogen-bond acceptors (Lipinski definition) is 2. The summed E-state index contributed by atoms with van der Waals surface area (Å²) < 4.78 is 1.87. The molecule has 0 saturated carbocycles. The molecule has 1 fully saturated rings. The summed E-state index contributed by atoms with van der Waals surface area (Å²) in [5.41, 5.74) is 1.32. The van der Waals surface area contributed by atoms with E-state index in [0.29, 0.717) is 6.04 Å². The average Bonchev–Trinajstić information content (AvgIpc) is 2.76. The number of alkyl halides is 1. The molecule has 0 aliphatic carbocycles. The fraction of sp³-hybridized carbons (Fsp3) is 0.727. The van der Waals surface area contributed by atoms with Crippen molar-refractivity contribution in [3.8, 4) is 0 Å². The number of nitrogens with zero attached hydrogens (tertiary/aromatic N) is 3. The number of aromatic nitrogens is 2. The fourth-order valence-electron chi connectivity index (χ4n) is 2.29. The molecule has 0 aromatic carbocycles. The van der Waals surface area contributed by atoms with Crippen molar-refractivity contribution in [2.45, 2.75) is 25.9 Å². The highest BCUT2D eigenvalue weighted by Crippen LogP contribution is 2.26. The minimum Gasteiger partial charge on any atom is -0.296 e. The number of hydrogen-bond donors (Lipinski definition) is 0. The molecule has 0 bridgehead atoms. The molecule has 2 unspecified atom stereocenters. The zero-order valence-electron chi connectivity index (χ0n) is 9.36. The van der Waals surface area contributed by atoms with E-state index >= 15 is 0 Å². The van der Waals surface area contributed by atoms with Gasteiger partial charge in [0.2, 0.25) is 0 Å². The van der Waals surface area contributed by atoms with E-state index in [1.807, 2.05) is 17.9 Å². The highest BCUT2D eigenvalue weighted by atomic mass is 79.9. The predicted octanol–water partition coefficient (Wildman–Crippen LogP) is 2.03. The van der Waals surface area contributed by atoms with Gasteiger partial charge in [-0.2, -0.15) is 5.10 Å². The summed E-state index contributed by atoms with van der Waals surface area (Å²) in [7, 11) is 1.97. The molecule has 0 radical (unpaired) electrons. The molecule has 2 rings (SSSR count). The summed E-state index contributed by atoms with van der Waals surface area (Å²) >= 11 is 3.59. The molecule has 15 heavy (non-hydrogen) atoms. The van der Waals surface area contributed by atoms with E-state index in [9.17, 15) is 0 Å². The van der Waals surface area contributed by atoms with Gasteiger partial charge in [-0.1, -0.05) is 15.9 Å². The van der Waals surface area contributed by atoms with Crippen LogP contribution in [0.3, 0.4) is 0 Å². The lowest BCUT2D eigenvalue weighted by atomic mass is 10.1. The first-order chi connectivity index (χ1) is 7.20. The fourth-order valence-corrected chi connectivity index (χ4v) is 3.16. The second-order valence-corrected chi connectivity index (χ2v) is 5.08. The number of rotatable bonds is 3. The Hall–Kier alpha value is -0.350. The molecule has 3 nitrogen and oxygen atoms in total. The molecule has 2 heterocycles. The quantitative estimate of drug-likeness (QED) is 0.785. The first-order valence-electron chi connectivity index (χ1n) is 5.48. The minimum absolute atomic E-state index is 0.685. The molecule has 84 valence electrons. The largest absolute Gasteiger partial charge is 0.296 e. The van der Waals surface area contributed by atoms with Crippen molar-refractivity contribution in [1.29, 1.82) is 0 Å². The highest BCUT2D eigenvalue weighted by molar-refractivity contribution is 9.09. The molecule has 1 aliphatic heterocycles. The third-order valence-corrected chi connectivity index (χ3v) is 4.22. The van der Waals surface area contributed by atoms with Crippen LogP contribution in [0, 0.1) is 5.92 Å². The van der Waals surface area contributed by atoms with Gasteiger partial charge in [0.15, 0.2) is 0 Å². The van der Waals surface area contributed by atoms with Crippen molar-refractivity contribution in [1.82, 2.24) is 14.7 Å². The smallest absolute Gasteiger partial charge is 0.0534 e. The van der Waals surface area contributed by atoms with Gasteiger partial charge in [0, 0.05) is 36.7 Å². The average molecular weight is 272 g/mol. The molecule has 1 aromatic rings. The van der Waals surface area contributed by atoms with Crippen molar-refractivity contribution in [2.75, 3.05) is 11.9 Å². The summed E-state index contributed by atoms with van der Waals surface area (Å²) in [5, 5.41) is 5.33. The summed E-state index contributed by atoms with van der Waals surface area (Å²) in [6.45, 7) is 4.58. The Bertz CT molecular complexity index is 323. The highest BCUT2D eigenvalue weighted by Gasteiger charge is 2.29. The lowest BCUT2D eigenvalue weighted by Gasteiger charge is -2.23. The van der Waals surface area contributed by atoms with Crippen LogP contribution in [-0.2, 0) is 13.6 Å². The summed E-state index contributed by atoms with van der Waals surface area (Å²) in [5.74, 6) is 0.807. The van der Waals surface area contributed by atoms with E-state index in [-0.39, 0.29) is 0 Å². The first-order valence-corrected chi connectivity index (χ1v) is 6.60. The van der Waals surface area contributed by atoms with Crippen LogP contribution >= 0.6 is 15.9 Å². The van der Waals surface area contributed by atoms with Gasteiger partial charge in [-0.05, 0) is 25.8 Å². The lowest BCUT2D eigenvalue weighted by Crippen LogP contribution is -2.29. The topological polar surface area (TPSA) is 21.1 Å². The van der Waals surface area contributed by atoms with Crippen LogP contribution in [0.2, 0.25) is 0 Å². The van der Waals surface area contributed by atoms with Gasteiger partial charge < -0.3 is 0 Å². The van der Waals surface area contributed by atoms with Crippen LogP contribution in [0.25, 0.3) is 0 Å². The normalized spacial score (nSPS) is 27.4. The van der Waals surface area contributed by atoms with Crippen LogP contribution in [0.1, 0.15) is 18.9 Å². The van der Waals surface area contributed by atoms with E-state index < -0.39 is 0 Å². The Morgan fingerprint density at radius 1 is 1.60 bits per heavy atom. The molecule has 0 amide bonds. The maximum atomic E-state index is 4.20. The molecule has 4 heteroatoms. The van der Waals surface area contributed by atoms with Crippen LogP contribution in [-0.4, -0.2) is 32.6 Å². The predicted molar refractivity (Wildman–Crippen MR) is 65.0 cm³/mol. The Balaban J connectivity index is 1.96. The van der Waals surface area contributed by atoms with Crippen molar-refractivity contribution in [2.24, 2.45) is 13.0 Å². The van der Waals surface area contributed by atoms with Crippen molar-refractivity contribution < 1.29 is 0 Å². The Morgan fingerprint density at radius 2 is 2.40 bits per heavy atom. The molecular formula is C11H18BrN3. The third kappa shape index (κ3) is 2.42.